The van der Waals surface area contributed by atoms with Gasteiger partial charge in [0, 0.05) is 6.04 Å². The van der Waals surface area contributed by atoms with Crippen molar-refractivity contribution in [2.45, 2.75) is 31.8 Å². The van der Waals surface area contributed by atoms with Crippen molar-refractivity contribution in [1.82, 2.24) is 15.3 Å². The molecule has 1 aromatic heterocycles. The van der Waals surface area contributed by atoms with Crippen molar-refractivity contribution in [1.29, 1.82) is 0 Å². The summed E-state index contributed by atoms with van der Waals surface area (Å²) in [6.07, 6.45) is 7.75. The van der Waals surface area contributed by atoms with Crippen molar-refractivity contribution in [3.05, 3.63) is 52.6 Å². The van der Waals surface area contributed by atoms with Crippen molar-refractivity contribution in [3.63, 3.8) is 0 Å². The number of fused-ring (bicyclic) bond motifs is 1. The van der Waals surface area contributed by atoms with Gasteiger partial charge in [0.1, 0.15) is 5.82 Å². The molecule has 4 heteroatoms. The summed E-state index contributed by atoms with van der Waals surface area (Å²) in [6, 6.07) is 7.91. The fourth-order valence-corrected chi connectivity index (χ4v) is 2.44. The topological polar surface area (TPSA) is 57.8 Å². The van der Waals surface area contributed by atoms with Crippen LogP contribution in [0.2, 0.25) is 0 Å². The first-order valence-corrected chi connectivity index (χ1v) is 6.69. The first-order chi connectivity index (χ1) is 9.33. The molecule has 0 spiro atoms. The Morgan fingerprint density at radius 1 is 1.32 bits per heavy atom. The van der Waals surface area contributed by atoms with Crippen LogP contribution in [0.15, 0.2) is 41.2 Å². The second kappa shape index (κ2) is 5.36. The molecule has 2 N–H and O–H groups in total. The molecular formula is C15H17N3O. The zero-order valence-corrected chi connectivity index (χ0v) is 10.7. The van der Waals surface area contributed by atoms with E-state index in [1.54, 1.807) is 6.07 Å². The molecule has 1 aliphatic carbocycles. The zero-order chi connectivity index (χ0) is 13.1. The molecule has 0 fully saturated rings. The average molecular weight is 255 g/mol. The van der Waals surface area contributed by atoms with Crippen LogP contribution < -0.4 is 10.9 Å². The molecule has 1 atom stereocenters. The van der Waals surface area contributed by atoms with E-state index in [9.17, 15) is 4.79 Å². The van der Waals surface area contributed by atoms with Gasteiger partial charge in [-0.1, -0.05) is 24.3 Å². The quantitative estimate of drug-likeness (QED) is 0.826. The molecule has 1 heterocycles. The van der Waals surface area contributed by atoms with Gasteiger partial charge in [-0.3, -0.25) is 4.79 Å². The number of nitrogens with one attached hydrogen (secondary N) is 2. The third kappa shape index (κ3) is 2.74. The third-order valence-corrected chi connectivity index (χ3v) is 3.49. The maximum absolute atomic E-state index is 11.9. The predicted molar refractivity (Wildman–Crippen MR) is 76.0 cm³/mol. The van der Waals surface area contributed by atoms with Gasteiger partial charge in [0.15, 0.2) is 0 Å². The number of rotatable bonds is 3. The van der Waals surface area contributed by atoms with Crippen LogP contribution in [0.25, 0.3) is 10.9 Å². The second-order valence-corrected chi connectivity index (χ2v) is 4.89. The van der Waals surface area contributed by atoms with Crippen molar-refractivity contribution in [2.75, 3.05) is 0 Å². The van der Waals surface area contributed by atoms with Crippen molar-refractivity contribution in [3.8, 4) is 0 Å². The van der Waals surface area contributed by atoms with Gasteiger partial charge in [-0.2, -0.15) is 0 Å². The second-order valence-electron chi connectivity index (χ2n) is 4.89. The number of hydrogen-bond acceptors (Lipinski definition) is 3. The van der Waals surface area contributed by atoms with Gasteiger partial charge < -0.3 is 10.3 Å². The van der Waals surface area contributed by atoms with Gasteiger partial charge in [0.25, 0.3) is 5.56 Å². The minimum Gasteiger partial charge on any atom is -0.309 e. The Bertz CT molecular complexity index is 660. The first kappa shape index (κ1) is 12.1. The van der Waals surface area contributed by atoms with E-state index in [1.165, 1.54) is 0 Å². The molecule has 1 aliphatic rings. The van der Waals surface area contributed by atoms with Crippen LogP contribution in [0.5, 0.6) is 0 Å². The lowest BCUT2D eigenvalue weighted by Crippen LogP contribution is -2.30. The molecule has 98 valence electrons. The Balaban J connectivity index is 1.77. The smallest absolute Gasteiger partial charge is 0.258 e. The SMILES string of the molecule is O=c1[nH]c(CNC2CC=CCC2)nc2ccccc12. The average Bonchev–Trinajstić information content (AvgIpc) is 2.46. The number of allylic oxidation sites excluding steroid dienone is 1. The van der Waals surface area contributed by atoms with E-state index in [4.69, 9.17) is 0 Å². The standard InChI is InChI=1S/C15H17N3O/c19-15-12-8-4-5-9-13(12)17-14(18-15)10-16-11-6-2-1-3-7-11/h1-2,4-5,8-9,11,16H,3,6-7,10H2,(H,17,18,19). The predicted octanol–water partition coefficient (Wildman–Crippen LogP) is 2.12. The van der Waals surface area contributed by atoms with Crippen LogP contribution >= 0.6 is 0 Å². The van der Waals surface area contributed by atoms with E-state index >= 15 is 0 Å². The minimum absolute atomic E-state index is 0.0639. The van der Waals surface area contributed by atoms with E-state index in [0.29, 0.717) is 23.8 Å². The zero-order valence-electron chi connectivity index (χ0n) is 10.7. The highest BCUT2D eigenvalue weighted by Crippen LogP contribution is 2.11. The van der Waals surface area contributed by atoms with Gasteiger partial charge >= 0.3 is 0 Å². The van der Waals surface area contributed by atoms with Crippen LogP contribution in [0, 0.1) is 0 Å². The fourth-order valence-electron chi connectivity index (χ4n) is 2.44. The summed E-state index contributed by atoms with van der Waals surface area (Å²) in [5.74, 6) is 0.707. The molecule has 0 bridgehead atoms. The highest BCUT2D eigenvalue weighted by Gasteiger charge is 2.10. The van der Waals surface area contributed by atoms with Crippen molar-refractivity contribution >= 4 is 10.9 Å². The molecule has 1 unspecified atom stereocenters. The molecule has 0 saturated heterocycles. The highest BCUT2D eigenvalue weighted by molar-refractivity contribution is 5.77. The molecule has 2 aromatic rings. The Labute approximate surface area is 111 Å². The summed E-state index contributed by atoms with van der Waals surface area (Å²) in [7, 11) is 0. The molecule has 0 aliphatic heterocycles. The first-order valence-electron chi connectivity index (χ1n) is 6.69. The maximum Gasteiger partial charge on any atom is 0.258 e. The van der Waals surface area contributed by atoms with E-state index in [0.717, 1.165) is 24.8 Å². The summed E-state index contributed by atoms with van der Waals surface area (Å²) in [5, 5.41) is 4.09. The molecule has 19 heavy (non-hydrogen) atoms. The number of aromatic nitrogens is 2. The monoisotopic (exact) mass is 255 g/mol. The number of hydrogen-bond donors (Lipinski definition) is 2. The number of benzene rings is 1. The molecule has 1 aromatic carbocycles. The summed E-state index contributed by atoms with van der Waals surface area (Å²) in [4.78, 5) is 19.2. The highest BCUT2D eigenvalue weighted by atomic mass is 16.1. The summed E-state index contributed by atoms with van der Waals surface area (Å²) < 4.78 is 0. The van der Waals surface area contributed by atoms with E-state index in [-0.39, 0.29) is 5.56 Å². The maximum atomic E-state index is 11.9. The normalized spacial score (nSPS) is 18.8. The van der Waals surface area contributed by atoms with Gasteiger partial charge in [-0.25, -0.2) is 4.98 Å². The molecule has 0 amide bonds. The van der Waals surface area contributed by atoms with E-state index in [2.05, 4.69) is 27.4 Å². The molecule has 0 radical (unpaired) electrons. The van der Waals surface area contributed by atoms with Crippen LogP contribution in [-0.4, -0.2) is 16.0 Å². The molecule has 0 saturated carbocycles. The lowest BCUT2D eigenvalue weighted by molar-refractivity contribution is 0.467. The van der Waals surface area contributed by atoms with Crippen LogP contribution in [-0.2, 0) is 6.54 Å². The number of aromatic amines is 1. The Morgan fingerprint density at radius 3 is 3.05 bits per heavy atom. The van der Waals surface area contributed by atoms with Crippen molar-refractivity contribution in [2.24, 2.45) is 0 Å². The minimum atomic E-state index is -0.0639. The number of nitrogens with zero attached hydrogens (tertiary/aromatic N) is 1. The lowest BCUT2D eigenvalue weighted by Gasteiger charge is -2.18. The van der Waals surface area contributed by atoms with Crippen molar-refractivity contribution < 1.29 is 0 Å². The van der Waals surface area contributed by atoms with Crippen LogP contribution in [0.4, 0.5) is 0 Å². The summed E-state index contributed by atoms with van der Waals surface area (Å²) >= 11 is 0. The van der Waals surface area contributed by atoms with E-state index in [1.807, 2.05) is 18.2 Å². The van der Waals surface area contributed by atoms with E-state index < -0.39 is 0 Å². The Kier molecular flexibility index (Phi) is 3.42. The summed E-state index contributed by atoms with van der Waals surface area (Å²) in [5.41, 5.74) is 0.692. The number of H-pyrrole nitrogens is 1. The molecular weight excluding hydrogens is 238 g/mol. The Hall–Kier alpha value is -1.94. The van der Waals surface area contributed by atoms with Crippen LogP contribution in [0.1, 0.15) is 25.1 Å². The largest absolute Gasteiger partial charge is 0.309 e. The fraction of sp³-hybridized carbons (Fsp3) is 0.333. The van der Waals surface area contributed by atoms with Gasteiger partial charge in [-0.15, -0.1) is 0 Å². The van der Waals surface area contributed by atoms with Gasteiger partial charge in [0.2, 0.25) is 0 Å². The third-order valence-electron chi connectivity index (χ3n) is 3.49. The summed E-state index contributed by atoms with van der Waals surface area (Å²) in [6.45, 7) is 0.610. The Morgan fingerprint density at radius 2 is 2.21 bits per heavy atom. The molecule has 4 nitrogen and oxygen atoms in total. The van der Waals surface area contributed by atoms with Crippen LogP contribution in [0.3, 0.4) is 0 Å². The van der Waals surface area contributed by atoms with Gasteiger partial charge in [-0.05, 0) is 31.4 Å². The molecule has 3 rings (SSSR count). The number of para-hydroxylation sites is 1. The lowest BCUT2D eigenvalue weighted by atomic mass is 10.0. The van der Waals surface area contributed by atoms with Gasteiger partial charge in [0.05, 0.1) is 17.4 Å².